The van der Waals surface area contributed by atoms with Gasteiger partial charge in [-0.15, -0.1) is 0 Å². The predicted molar refractivity (Wildman–Crippen MR) is 119 cm³/mol. The van der Waals surface area contributed by atoms with Crippen LogP contribution < -0.4 is 0 Å². The number of hydrogen-bond acceptors (Lipinski definition) is 3. The average molecular weight is 383 g/mol. The highest BCUT2D eigenvalue weighted by Crippen LogP contribution is 2.37. The Labute approximate surface area is 168 Å². The molecule has 1 aliphatic carbocycles. The summed E-state index contributed by atoms with van der Waals surface area (Å²) in [6.07, 6.45) is 11.5. The monoisotopic (exact) mass is 382 g/mol. The second kappa shape index (κ2) is 17.9. The topological polar surface area (TPSA) is 29.5 Å². The van der Waals surface area contributed by atoms with Crippen LogP contribution in [0.25, 0.3) is 0 Å². The number of ether oxygens (including phenoxy) is 1. The summed E-state index contributed by atoms with van der Waals surface area (Å²) >= 11 is 3.53. The maximum Gasteiger partial charge on any atom is 0.0465 e. The minimum atomic E-state index is 0.359. The number of thiol groups is 1. The Bertz CT molecular complexity index is 405. The zero-order valence-electron chi connectivity index (χ0n) is 17.5. The lowest BCUT2D eigenvalue weighted by Gasteiger charge is -2.11. The van der Waals surface area contributed by atoms with Crippen molar-refractivity contribution in [1.29, 1.82) is 0 Å². The Morgan fingerprint density at radius 3 is 2.23 bits per heavy atom. The van der Waals surface area contributed by atoms with Gasteiger partial charge in [-0.2, -0.15) is 12.6 Å². The lowest BCUT2D eigenvalue weighted by atomic mass is 9.94. The second-order valence-electron chi connectivity index (χ2n) is 6.66. The van der Waals surface area contributed by atoms with E-state index in [0.717, 1.165) is 19.6 Å². The summed E-state index contributed by atoms with van der Waals surface area (Å²) in [6, 6.07) is 9.24. The number of aryl methyl sites for hydroxylation is 1. The van der Waals surface area contributed by atoms with Gasteiger partial charge in [-0.25, -0.2) is 0 Å². The molecule has 0 bridgehead atoms. The third kappa shape index (κ3) is 10.6. The van der Waals surface area contributed by atoms with Gasteiger partial charge in [0.05, 0.1) is 0 Å². The van der Waals surface area contributed by atoms with Crippen molar-refractivity contribution in [3.05, 3.63) is 35.4 Å². The molecule has 1 aromatic rings. The largest absolute Gasteiger partial charge is 0.396 e. The minimum Gasteiger partial charge on any atom is -0.396 e. The molecule has 1 aliphatic rings. The highest BCUT2D eigenvalue weighted by Gasteiger charge is 2.24. The Balaban J connectivity index is 0.00000146. The highest BCUT2D eigenvalue weighted by molar-refractivity contribution is 7.79. The van der Waals surface area contributed by atoms with Crippen LogP contribution in [-0.2, 0) is 11.2 Å². The van der Waals surface area contributed by atoms with Crippen LogP contribution in [0.3, 0.4) is 0 Å². The molecule has 0 heterocycles. The molecule has 0 spiro atoms. The van der Waals surface area contributed by atoms with Gasteiger partial charge in [0.1, 0.15) is 0 Å². The number of benzene rings is 1. The summed E-state index contributed by atoms with van der Waals surface area (Å²) in [5.74, 6) is 1.20. The molecule has 1 fully saturated rings. The summed E-state index contributed by atoms with van der Waals surface area (Å²) < 4.78 is 5.36. The average Bonchev–Trinajstić information content (AvgIpc) is 3.20. The van der Waals surface area contributed by atoms with Gasteiger partial charge in [0.25, 0.3) is 0 Å². The van der Waals surface area contributed by atoms with Gasteiger partial charge in [-0.05, 0) is 74.7 Å². The molecule has 0 aromatic heterocycles. The number of unbranched alkanes of at least 4 members (excludes halogenated alkanes) is 3. The Kier molecular flexibility index (Phi) is 17.5. The smallest absolute Gasteiger partial charge is 0.0465 e. The summed E-state index contributed by atoms with van der Waals surface area (Å²) in [5, 5.41) is 9.26. The van der Waals surface area contributed by atoms with Gasteiger partial charge >= 0.3 is 0 Å². The number of rotatable bonds is 10. The minimum absolute atomic E-state index is 0.359. The maximum absolute atomic E-state index is 9.26. The van der Waals surface area contributed by atoms with Gasteiger partial charge in [0.2, 0.25) is 0 Å². The fraction of sp³-hybridized carbons (Fsp3) is 0.739. The molecule has 2 rings (SSSR count). The summed E-state index contributed by atoms with van der Waals surface area (Å²) in [7, 11) is 0. The molecule has 2 atom stereocenters. The van der Waals surface area contributed by atoms with E-state index in [1.807, 2.05) is 13.8 Å². The maximum atomic E-state index is 9.26. The zero-order chi connectivity index (χ0) is 19.6. The Hall–Kier alpha value is -0.510. The third-order valence-corrected chi connectivity index (χ3v) is 4.96. The van der Waals surface area contributed by atoms with Gasteiger partial charge in [-0.1, -0.05) is 51.0 Å². The highest BCUT2D eigenvalue weighted by atomic mass is 32.1. The molecule has 3 heteroatoms. The van der Waals surface area contributed by atoms with Gasteiger partial charge in [-0.3, -0.25) is 0 Å². The Morgan fingerprint density at radius 2 is 1.65 bits per heavy atom. The number of aliphatic hydroxyl groups is 1. The first-order valence-corrected chi connectivity index (χ1v) is 11.4. The van der Waals surface area contributed by atoms with Crippen LogP contribution in [-0.4, -0.2) is 31.2 Å². The fourth-order valence-electron chi connectivity index (χ4n) is 3.53. The van der Waals surface area contributed by atoms with Gasteiger partial charge in [0.15, 0.2) is 0 Å². The quantitative estimate of drug-likeness (QED) is 0.369. The standard InChI is InChI=1S/C20H32O2.C2H6.CH4S/c1-2-22-14-6-4-3-5-7-17-8-11-19(12-9-17)20-13-10-18(15-20)16-21;2*1-2/h8-9,11-12,18,20-21H,2-7,10,13-16H2,1H3;1-2H3;2H,1H3. The van der Waals surface area contributed by atoms with E-state index in [-0.39, 0.29) is 0 Å². The van der Waals surface area contributed by atoms with Crippen LogP contribution in [0.4, 0.5) is 0 Å². The van der Waals surface area contributed by atoms with Crippen LogP contribution in [0.5, 0.6) is 0 Å². The molecule has 2 unspecified atom stereocenters. The van der Waals surface area contributed by atoms with Crippen LogP contribution in [0.1, 0.15) is 82.8 Å². The fourth-order valence-corrected chi connectivity index (χ4v) is 3.53. The van der Waals surface area contributed by atoms with E-state index in [0.29, 0.717) is 18.4 Å². The SMILES string of the molecule is CC.CCOCCCCCCc1ccc(C2CCC(CO)C2)cc1.CS. The van der Waals surface area contributed by atoms with E-state index < -0.39 is 0 Å². The van der Waals surface area contributed by atoms with Crippen molar-refractivity contribution < 1.29 is 9.84 Å². The number of hydrogen-bond donors (Lipinski definition) is 2. The van der Waals surface area contributed by atoms with E-state index in [1.165, 1.54) is 56.1 Å². The molecule has 0 radical (unpaired) electrons. The Morgan fingerprint density at radius 1 is 1.00 bits per heavy atom. The van der Waals surface area contributed by atoms with E-state index in [4.69, 9.17) is 4.74 Å². The molecule has 2 nitrogen and oxygen atoms in total. The molecule has 26 heavy (non-hydrogen) atoms. The van der Waals surface area contributed by atoms with Crippen molar-refractivity contribution in [2.75, 3.05) is 26.1 Å². The summed E-state index contributed by atoms with van der Waals surface area (Å²) in [6.45, 7) is 8.17. The van der Waals surface area contributed by atoms with Gasteiger partial charge in [0, 0.05) is 19.8 Å². The normalized spacial score (nSPS) is 18.5. The van der Waals surface area contributed by atoms with Crippen molar-refractivity contribution in [1.82, 2.24) is 0 Å². The lowest BCUT2D eigenvalue weighted by Crippen LogP contribution is -2.00. The van der Waals surface area contributed by atoms with Crippen LogP contribution in [0.15, 0.2) is 24.3 Å². The molecule has 0 aliphatic heterocycles. The van der Waals surface area contributed by atoms with E-state index in [2.05, 4.69) is 43.8 Å². The molecular formula is C23H42O2S. The summed E-state index contributed by atoms with van der Waals surface area (Å²) in [5.41, 5.74) is 2.93. The lowest BCUT2D eigenvalue weighted by molar-refractivity contribution is 0.143. The van der Waals surface area contributed by atoms with Crippen LogP contribution in [0.2, 0.25) is 0 Å². The van der Waals surface area contributed by atoms with Crippen molar-refractivity contribution in [3.8, 4) is 0 Å². The van der Waals surface area contributed by atoms with Crippen molar-refractivity contribution in [2.24, 2.45) is 5.92 Å². The van der Waals surface area contributed by atoms with Crippen molar-refractivity contribution in [3.63, 3.8) is 0 Å². The van der Waals surface area contributed by atoms with E-state index in [9.17, 15) is 5.11 Å². The van der Waals surface area contributed by atoms with Crippen LogP contribution >= 0.6 is 12.6 Å². The molecule has 0 amide bonds. The first-order valence-electron chi connectivity index (χ1n) is 10.6. The first-order chi connectivity index (χ1) is 12.8. The molecule has 1 aromatic carbocycles. The molecule has 152 valence electrons. The van der Waals surface area contributed by atoms with Crippen molar-refractivity contribution >= 4 is 12.6 Å². The molecule has 0 saturated heterocycles. The third-order valence-electron chi connectivity index (χ3n) is 4.96. The van der Waals surface area contributed by atoms with E-state index in [1.54, 1.807) is 6.26 Å². The predicted octanol–water partition coefficient (Wildman–Crippen LogP) is 6.27. The number of aliphatic hydroxyl groups excluding tert-OH is 1. The summed E-state index contributed by atoms with van der Waals surface area (Å²) in [4.78, 5) is 0. The van der Waals surface area contributed by atoms with Gasteiger partial charge < -0.3 is 9.84 Å². The van der Waals surface area contributed by atoms with E-state index >= 15 is 0 Å². The second-order valence-corrected chi connectivity index (χ2v) is 6.66. The zero-order valence-corrected chi connectivity index (χ0v) is 18.4. The molecule has 1 saturated carbocycles. The van der Waals surface area contributed by atoms with Crippen molar-refractivity contribution in [2.45, 2.75) is 78.1 Å². The van der Waals surface area contributed by atoms with Crippen LogP contribution in [0, 0.1) is 5.92 Å². The molecular weight excluding hydrogens is 340 g/mol. The molecule has 1 N–H and O–H groups in total. The first kappa shape index (κ1) is 25.5.